The summed E-state index contributed by atoms with van der Waals surface area (Å²) in [6, 6.07) is 9.23. The van der Waals surface area contributed by atoms with E-state index in [9.17, 15) is 26.3 Å². The molecule has 0 aromatic heterocycles. The van der Waals surface area contributed by atoms with E-state index in [1.54, 1.807) is 6.07 Å². The van der Waals surface area contributed by atoms with Gasteiger partial charge < -0.3 is 9.90 Å². The lowest BCUT2D eigenvalue weighted by atomic mass is 10.3. The predicted octanol–water partition coefficient (Wildman–Crippen LogP) is 4.37. The zero-order valence-electron chi connectivity index (χ0n) is 14.7. The molecule has 3 aromatic rings. The summed E-state index contributed by atoms with van der Waals surface area (Å²) >= 11 is 0. The van der Waals surface area contributed by atoms with Crippen molar-refractivity contribution in [3.8, 4) is 0 Å². The molecule has 152 valence electrons. The Hall–Kier alpha value is -2.94. The molecule has 0 bridgehead atoms. The van der Waals surface area contributed by atoms with Gasteiger partial charge in [0.25, 0.3) is 0 Å². The lowest BCUT2D eigenvalue weighted by Gasteiger charge is -2.11. The van der Waals surface area contributed by atoms with Gasteiger partial charge in [-0.3, -0.25) is 0 Å². The van der Waals surface area contributed by atoms with E-state index in [2.05, 4.69) is 0 Å². The molecule has 0 atom stereocenters. The molecule has 0 amide bonds. The maximum absolute atomic E-state index is 14.3. The van der Waals surface area contributed by atoms with Crippen molar-refractivity contribution in [2.24, 2.45) is 0 Å². The highest BCUT2D eigenvalue weighted by Crippen LogP contribution is 2.37. The van der Waals surface area contributed by atoms with E-state index in [1.807, 2.05) is 0 Å². The number of halogens is 6. The molecule has 3 rings (SSSR count). The summed E-state index contributed by atoms with van der Waals surface area (Å²) in [5, 5.41) is 8.89. The SMILES string of the molecule is CC(=O)[O-].Fc1cc(F)c([S+](c2ccccc2)c2c(F)cc(F)cc2F)c(F)c1. The molecule has 29 heavy (non-hydrogen) atoms. The number of carbonyl (C=O) groups excluding carboxylic acids is 1. The molecule has 2 nitrogen and oxygen atoms in total. The Morgan fingerprint density at radius 2 is 1.03 bits per heavy atom. The maximum Gasteiger partial charge on any atom is 0.237 e. The van der Waals surface area contributed by atoms with Crippen LogP contribution in [-0.4, -0.2) is 5.97 Å². The number of carbonyl (C=O) groups is 1. The monoisotopic (exact) mass is 430 g/mol. The summed E-state index contributed by atoms with van der Waals surface area (Å²) in [4.78, 5) is 7.69. The van der Waals surface area contributed by atoms with Gasteiger partial charge in [-0.25, -0.2) is 26.3 Å². The highest BCUT2D eigenvalue weighted by Gasteiger charge is 2.40. The van der Waals surface area contributed by atoms with E-state index in [0.717, 1.165) is 6.92 Å². The molecule has 0 aliphatic carbocycles. The molecule has 0 N–H and O–H groups in total. The van der Waals surface area contributed by atoms with E-state index in [0.29, 0.717) is 24.3 Å². The highest BCUT2D eigenvalue weighted by molar-refractivity contribution is 7.97. The molecule has 0 saturated heterocycles. The van der Waals surface area contributed by atoms with Gasteiger partial charge in [0.2, 0.25) is 9.79 Å². The van der Waals surface area contributed by atoms with E-state index >= 15 is 0 Å². The molecule has 0 spiro atoms. The lowest BCUT2D eigenvalue weighted by Crippen LogP contribution is -2.16. The molecular formula is C20H12F6O2S. The first-order valence-corrected chi connectivity index (χ1v) is 9.10. The average Bonchev–Trinajstić information content (AvgIpc) is 2.59. The molecule has 0 saturated carbocycles. The van der Waals surface area contributed by atoms with Crippen molar-refractivity contribution in [1.29, 1.82) is 0 Å². The van der Waals surface area contributed by atoms with Gasteiger partial charge in [-0.2, -0.15) is 0 Å². The molecule has 3 aromatic carbocycles. The summed E-state index contributed by atoms with van der Waals surface area (Å²) in [5.74, 6) is -8.54. The summed E-state index contributed by atoms with van der Waals surface area (Å²) < 4.78 is 83.6. The first kappa shape index (κ1) is 22.4. The van der Waals surface area contributed by atoms with Crippen molar-refractivity contribution in [1.82, 2.24) is 0 Å². The lowest BCUT2D eigenvalue weighted by molar-refractivity contribution is -0.302. The standard InChI is InChI=1S/C18H9F6S.C2H4O2/c19-10-6-13(21)17(14(22)7-10)25(12-4-2-1-3-5-12)18-15(23)8-11(20)9-16(18)24;1-2(3)4/h1-9H;1H3,(H,3,4)/q+1;/p-1. The molecule has 0 unspecified atom stereocenters. The molecule has 9 heteroatoms. The Kier molecular flexibility index (Phi) is 7.33. The van der Waals surface area contributed by atoms with Crippen LogP contribution in [0.25, 0.3) is 0 Å². The van der Waals surface area contributed by atoms with Crippen molar-refractivity contribution in [2.45, 2.75) is 21.6 Å². The fourth-order valence-corrected chi connectivity index (χ4v) is 4.46. The van der Waals surface area contributed by atoms with Crippen LogP contribution >= 0.6 is 0 Å². The second kappa shape index (κ2) is 9.51. The van der Waals surface area contributed by atoms with Crippen molar-refractivity contribution in [2.75, 3.05) is 0 Å². The van der Waals surface area contributed by atoms with Crippen LogP contribution in [0.3, 0.4) is 0 Å². The van der Waals surface area contributed by atoms with Crippen molar-refractivity contribution in [3.63, 3.8) is 0 Å². The number of benzene rings is 3. The molecular weight excluding hydrogens is 418 g/mol. The van der Waals surface area contributed by atoms with E-state index in [1.165, 1.54) is 24.3 Å². The first-order chi connectivity index (χ1) is 13.6. The summed E-state index contributed by atoms with van der Waals surface area (Å²) in [7, 11) is -1.91. The van der Waals surface area contributed by atoms with Crippen molar-refractivity contribution >= 4 is 16.9 Å². The van der Waals surface area contributed by atoms with Crippen LogP contribution in [0.2, 0.25) is 0 Å². The van der Waals surface area contributed by atoms with Crippen LogP contribution in [0.1, 0.15) is 6.92 Å². The zero-order valence-corrected chi connectivity index (χ0v) is 15.5. The van der Waals surface area contributed by atoms with Crippen LogP contribution in [-0.2, 0) is 15.7 Å². The molecule has 0 heterocycles. The molecule has 0 radical (unpaired) electrons. The summed E-state index contributed by atoms with van der Waals surface area (Å²) in [6.45, 7) is 0.972. The third kappa shape index (κ3) is 5.54. The predicted molar refractivity (Wildman–Crippen MR) is 91.9 cm³/mol. The molecule has 0 aliphatic rings. The smallest absolute Gasteiger partial charge is 0.237 e. The maximum atomic E-state index is 14.3. The average molecular weight is 430 g/mol. The first-order valence-electron chi connectivity index (χ1n) is 7.87. The number of hydrogen-bond donors (Lipinski definition) is 0. The van der Waals surface area contributed by atoms with E-state index in [4.69, 9.17) is 9.90 Å². The van der Waals surface area contributed by atoms with E-state index in [-0.39, 0.29) is 4.90 Å². The fourth-order valence-electron chi connectivity index (χ4n) is 2.34. The van der Waals surface area contributed by atoms with Crippen LogP contribution in [0.4, 0.5) is 26.3 Å². The van der Waals surface area contributed by atoms with Gasteiger partial charge in [0.05, 0.1) is 0 Å². The number of carboxylic acids is 1. The molecule has 0 fully saturated rings. The van der Waals surface area contributed by atoms with Crippen LogP contribution in [0, 0.1) is 34.9 Å². The summed E-state index contributed by atoms with van der Waals surface area (Å²) in [6.07, 6.45) is 0. The van der Waals surface area contributed by atoms with Crippen LogP contribution < -0.4 is 5.11 Å². The molecule has 0 aliphatic heterocycles. The number of carboxylic acid groups (broad SMARTS) is 1. The quantitative estimate of drug-likeness (QED) is 0.457. The minimum absolute atomic E-state index is 0.191. The normalized spacial score (nSPS) is 10.5. The zero-order chi connectivity index (χ0) is 21.7. The Labute approximate surface area is 164 Å². The van der Waals surface area contributed by atoms with E-state index < -0.39 is 61.6 Å². The number of rotatable bonds is 3. The Morgan fingerprint density at radius 1 is 0.724 bits per heavy atom. The van der Waals surface area contributed by atoms with Crippen molar-refractivity contribution < 1.29 is 36.2 Å². The second-order valence-corrected chi connectivity index (χ2v) is 7.41. The Balaban J connectivity index is 0.000000687. The number of aliphatic carboxylic acids is 1. The topological polar surface area (TPSA) is 40.1 Å². The highest BCUT2D eigenvalue weighted by atomic mass is 32.2. The van der Waals surface area contributed by atoms with Crippen LogP contribution in [0.5, 0.6) is 0 Å². The summed E-state index contributed by atoms with van der Waals surface area (Å²) in [5.41, 5.74) is 0. The number of hydrogen-bond acceptors (Lipinski definition) is 2. The largest absolute Gasteiger partial charge is 0.550 e. The van der Waals surface area contributed by atoms with Gasteiger partial charge in [-0.15, -0.1) is 0 Å². The second-order valence-electron chi connectivity index (χ2n) is 5.51. The van der Waals surface area contributed by atoms with Gasteiger partial charge >= 0.3 is 0 Å². The van der Waals surface area contributed by atoms with Gasteiger partial charge in [0, 0.05) is 30.2 Å². The third-order valence-corrected chi connectivity index (χ3v) is 5.65. The third-order valence-electron chi connectivity index (χ3n) is 3.31. The van der Waals surface area contributed by atoms with Gasteiger partial charge in [0.15, 0.2) is 28.2 Å². The minimum atomic E-state index is -1.91. The van der Waals surface area contributed by atoms with Gasteiger partial charge in [0.1, 0.15) is 22.5 Å². The van der Waals surface area contributed by atoms with Crippen LogP contribution in [0.15, 0.2) is 69.3 Å². The van der Waals surface area contributed by atoms with Crippen molar-refractivity contribution in [3.05, 3.63) is 89.5 Å². The Bertz CT molecular complexity index is 919. The minimum Gasteiger partial charge on any atom is -0.550 e. The van der Waals surface area contributed by atoms with Gasteiger partial charge in [-0.1, -0.05) is 18.2 Å². The fraction of sp³-hybridized carbons (Fsp3) is 0.0500. The van der Waals surface area contributed by atoms with Gasteiger partial charge in [-0.05, 0) is 19.1 Å². The Morgan fingerprint density at radius 3 is 1.34 bits per heavy atom.